The standard InChI is InChI=1S/C27H36N6OS/c1-21-5-7-22(8-6-21)27(34)28-13-11-25-29-30-26-12-16-32(17-18-33(25)26)20-24-10-9-23(35-24)19-31-14-3-2-4-15-31/h5-10H,2-4,11-20H2,1H3,(H,28,34). The van der Waals surface area contributed by atoms with Gasteiger partial charge in [0.05, 0.1) is 0 Å². The van der Waals surface area contributed by atoms with E-state index in [1.54, 1.807) is 0 Å². The van der Waals surface area contributed by atoms with E-state index < -0.39 is 0 Å². The van der Waals surface area contributed by atoms with E-state index in [1.165, 1.54) is 42.1 Å². The zero-order chi connectivity index (χ0) is 24.0. The number of carbonyl (C=O) groups excluding carboxylic acids is 1. The van der Waals surface area contributed by atoms with Gasteiger partial charge in [-0.15, -0.1) is 21.5 Å². The maximum absolute atomic E-state index is 12.4. The Balaban J connectivity index is 1.10. The molecule has 1 amide bonds. The van der Waals surface area contributed by atoms with Crippen molar-refractivity contribution in [3.63, 3.8) is 0 Å². The van der Waals surface area contributed by atoms with E-state index in [2.05, 4.69) is 42.0 Å². The summed E-state index contributed by atoms with van der Waals surface area (Å²) in [5, 5.41) is 11.9. The van der Waals surface area contributed by atoms with E-state index in [0.29, 0.717) is 18.5 Å². The minimum atomic E-state index is -0.0395. The van der Waals surface area contributed by atoms with E-state index in [4.69, 9.17) is 0 Å². The Kier molecular flexibility index (Phi) is 7.91. The van der Waals surface area contributed by atoms with Crippen LogP contribution in [0.25, 0.3) is 0 Å². The molecular weight excluding hydrogens is 456 g/mol. The van der Waals surface area contributed by atoms with E-state index in [1.807, 2.05) is 42.5 Å². The average molecular weight is 493 g/mol. The van der Waals surface area contributed by atoms with Crippen molar-refractivity contribution in [1.82, 2.24) is 29.9 Å². The molecule has 1 N–H and O–H groups in total. The van der Waals surface area contributed by atoms with E-state index in [-0.39, 0.29) is 5.91 Å². The number of rotatable bonds is 8. The Labute approximate surface area is 212 Å². The molecule has 0 unspecified atom stereocenters. The topological polar surface area (TPSA) is 66.3 Å². The summed E-state index contributed by atoms with van der Waals surface area (Å²) in [5.41, 5.74) is 1.85. The van der Waals surface area contributed by atoms with Crippen LogP contribution in [-0.4, -0.2) is 63.2 Å². The Bertz CT molecular complexity index is 1120. The third kappa shape index (κ3) is 6.37. The number of likely N-dealkylation sites (tertiary alicyclic amines) is 1. The van der Waals surface area contributed by atoms with Gasteiger partial charge in [-0.2, -0.15) is 0 Å². The number of piperidine rings is 1. The molecule has 0 bridgehead atoms. The van der Waals surface area contributed by atoms with E-state index in [0.717, 1.165) is 56.4 Å². The molecule has 0 atom stereocenters. The lowest BCUT2D eigenvalue weighted by molar-refractivity contribution is 0.0954. The first-order valence-corrected chi connectivity index (χ1v) is 13.7. The number of fused-ring (bicyclic) bond motifs is 1. The molecule has 1 fully saturated rings. The summed E-state index contributed by atoms with van der Waals surface area (Å²) in [6.45, 7) is 10.1. The first-order chi connectivity index (χ1) is 17.1. The Hall–Kier alpha value is -2.55. The van der Waals surface area contributed by atoms with Crippen LogP contribution in [0.5, 0.6) is 0 Å². The first kappa shape index (κ1) is 24.2. The molecule has 3 aromatic rings. The molecule has 2 aliphatic rings. The second-order valence-corrected chi connectivity index (χ2v) is 11.0. The summed E-state index contributed by atoms with van der Waals surface area (Å²) in [6.07, 6.45) is 5.68. The number of benzene rings is 1. The van der Waals surface area contributed by atoms with Crippen molar-refractivity contribution in [3.05, 3.63) is 68.9 Å². The molecule has 0 spiro atoms. The zero-order valence-electron chi connectivity index (χ0n) is 20.7. The number of aromatic nitrogens is 3. The fourth-order valence-corrected chi connectivity index (χ4v) is 6.12. The van der Waals surface area contributed by atoms with Crippen LogP contribution >= 0.6 is 11.3 Å². The molecule has 35 heavy (non-hydrogen) atoms. The number of carbonyl (C=O) groups is 1. The largest absolute Gasteiger partial charge is 0.352 e. The van der Waals surface area contributed by atoms with Gasteiger partial charge in [-0.05, 0) is 57.1 Å². The van der Waals surface area contributed by atoms with Crippen molar-refractivity contribution < 1.29 is 4.79 Å². The highest BCUT2D eigenvalue weighted by Crippen LogP contribution is 2.22. The van der Waals surface area contributed by atoms with Gasteiger partial charge in [0.15, 0.2) is 0 Å². The summed E-state index contributed by atoms with van der Waals surface area (Å²) >= 11 is 1.97. The third-order valence-electron chi connectivity index (χ3n) is 7.07. The number of nitrogens with zero attached hydrogens (tertiary/aromatic N) is 5. The summed E-state index contributed by atoms with van der Waals surface area (Å²) < 4.78 is 2.26. The summed E-state index contributed by atoms with van der Waals surface area (Å²) in [4.78, 5) is 20.5. The monoisotopic (exact) mass is 492 g/mol. The lowest BCUT2D eigenvalue weighted by atomic mass is 10.1. The molecule has 8 heteroatoms. The van der Waals surface area contributed by atoms with Crippen molar-refractivity contribution in [2.75, 3.05) is 32.7 Å². The summed E-state index contributed by atoms with van der Waals surface area (Å²) in [6, 6.07) is 12.3. The number of hydrogen-bond donors (Lipinski definition) is 1. The molecule has 1 saturated heterocycles. The van der Waals surface area contributed by atoms with Gasteiger partial charge in [0.25, 0.3) is 5.91 Å². The third-order valence-corrected chi connectivity index (χ3v) is 8.12. The molecule has 0 radical (unpaired) electrons. The predicted octanol–water partition coefficient (Wildman–Crippen LogP) is 3.66. The molecule has 7 nitrogen and oxygen atoms in total. The molecule has 2 aromatic heterocycles. The highest BCUT2D eigenvalue weighted by Gasteiger charge is 2.20. The van der Waals surface area contributed by atoms with Gasteiger partial charge in [-0.1, -0.05) is 24.1 Å². The highest BCUT2D eigenvalue weighted by atomic mass is 32.1. The SMILES string of the molecule is Cc1ccc(C(=O)NCCc2nnc3n2CCN(Cc2ccc(CN4CCCCC4)s2)CC3)cc1. The Morgan fingerprint density at radius 3 is 2.34 bits per heavy atom. The van der Waals surface area contributed by atoms with Crippen molar-refractivity contribution >= 4 is 17.2 Å². The molecule has 2 aliphatic heterocycles. The molecular formula is C27H36N6OS. The second-order valence-electron chi connectivity index (χ2n) is 9.79. The van der Waals surface area contributed by atoms with Crippen LogP contribution in [0.15, 0.2) is 36.4 Å². The van der Waals surface area contributed by atoms with E-state index in [9.17, 15) is 4.79 Å². The maximum atomic E-state index is 12.4. The van der Waals surface area contributed by atoms with Gasteiger partial charge >= 0.3 is 0 Å². The summed E-state index contributed by atoms with van der Waals surface area (Å²) in [5.74, 6) is 1.98. The molecule has 4 heterocycles. The van der Waals surface area contributed by atoms with Crippen LogP contribution in [-0.2, 0) is 32.5 Å². The molecule has 186 valence electrons. The van der Waals surface area contributed by atoms with Crippen LogP contribution in [0, 0.1) is 6.92 Å². The van der Waals surface area contributed by atoms with E-state index >= 15 is 0 Å². The number of amides is 1. The summed E-state index contributed by atoms with van der Waals surface area (Å²) in [7, 11) is 0. The minimum absolute atomic E-state index is 0.0395. The maximum Gasteiger partial charge on any atom is 0.251 e. The lowest BCUT2D eigenvalue weighted by Gasteiger charge is -2.25. The number of thiophene rings is 1. The second kappa shape index (κ2) is 11.5. The van der Waals surface area contributed by atoms with Gasteiger partial charge in [0, 0.05) is 67.4 Å². The fraction of sp³-hybridized carbons (Fsp3) is 0.519. The predicted molar refractivity (Wildman–Crippen MR) is 140 cm³/mol. The van der Waals surface area contributed by atoms with Gasteiger partial charge in [0.1, 0.15) is 11.6 Å². The highest BCUT2D eigenvalue weighted by molar-refractivity contribution is 7.11. The first-order valence-electron chi connectivity index (χ1n) is 12.9. The van der Waals surface area contributed by atoms with Crippen LogP contribution in [0.4, 0.5) is 0 Å². The Morgan fingerprint density at radius 1 is 0.886 bits per heavy atom. The fourth-order valence-electron chi connectivity index (χ4n) is 5.02. The zero-order valence-corrected chi connectivity index (χ0v) is 21.5. The molecule has 1 aromatic carbocycles. The number of nitrogens with one attached hydrogen (secondary N) is 1. The van der Waals surface area contributed by atoms with Crippen molar-refractivity contribution in [1.29, 1.82) is 0 Å². The quantitative estimate of drug-likeness (QED) is 0.520. The normalized spacial score (nSPS) is 17.2. The van der Waals surface area contributed by atoms with Crippen LogP contribution < -0.4 is 5.32 Å². The molecule has 5 rings (SSSR count). The minimum Gasteiger partial charge on any atom is -0.352 e. The van der Waals surface area contributed by atoms with Gasteiger partial charge < -0.3 is 9.88 Å². The smallest absolute Gasteiger partial charge is 0.251 e. The van der Waals surface area contributed by atoms with Gasteiger partial charge in [-0.25, -0.2) is 0 Å². The molecule has 0 aliphatic carbocycles. The number of hydrogen-bond acceptors (Lipinski definition) is 6. The number of aryl methyl sites for hydroxylation is 1. The molecule has 0 saturated carbocycles. The van der Waals surface area contributed by atoms with Crippen LogP contribution in [0.3, 0.4) is 0 Å². The Morgan fingerprint density at radius 2 is 1.60 bits per heavy atom. The van der Waals surface area contributed by atoms with Crippen molar-refractivity contribution in [2.45, 2.75) is 58.7 Å². The van der Waals surface area contributed by atoms with Crippen LogP contribution in [0.1, 0.15) is 56.6 Å². The van der Waals surface area contributed by atoms with Crippen molar-refractivity contribution in [3.8, 4) is 0 Å². The van der Waals surface area contributed by atoms with Crippen molar-refractivity contribution in [2.24, 2.45) is 0 Å². The van der Waals surface area contributed by atoms with Gasteiger partial charge in [0.2, 0.25) is 0 Å². The average Bonchev–Trinajstić information content (AvgIpc) is 3.42. The van der Waals surface area contributed by atoms with Gasteiger partial charge in [-0.3, -0.25) is 14.6 Å². The van der Waals surface area contributed by atoms with Crippen LogP contribution in [0.2, 0.25) is 0 Å². The lowest BCUT2D eigenvalue weighted by Crippen LogP contribution is -2.28.